The normalized spacial score (nSPS) is 12.4. The molecular weight excluding hydrogens is 168 g/mol. The van der Waals surface area contributed by atoms with Crippen LogP contribution in [0.3, 0.4) is 0 Å². The Kier molecular flexibility index (Phi) is 9.00. The molecule has 0 heterocycles. The minimum atomic E-state index is 0.166. The standard InChI is InChI=1S/C9H18N2O2/c1-13-8-9(4-7-12)11-6-3-2-5-10/h9,11-12H,2-4,6-8H2,1H3. The zero-order valence-corrected chi connectivity index (χ0v) is 8.12. The lowest BCUT2D eigenvalue weighted by Crippen LogP contribution is -2.34. The zero-order valence-electron chi connectivity index (χ0n) is 8.12. The lowest BCUT2D eigenvalue weighted by molar-refractivity contribution is 0.148. The van der Waals surface area contributed by atoms with Crippen molar-refractivity contribution in [2.75, 3.05) is 26.9 Å². The first kappa shape index (κ1) is 12.4. The van der Waals surface area contributed by atoms with Crippen molar-refractivity contribution >= 4 is 0 Å². The van der Waals surface area contributed by atoms with Gasteiger partial charge in [0.2, 0.25) is 0 Å². The van der Waals surface area contributed by atoms with Crippen LogP contribution in [0, 0.1) is 11.3 Å². The highest BCUT2D eigenvalue weighted by atomic mass is 16.5. The van der Waals surface area contributed by atoms with E-state index in [2.05, 4.69) is 11.4 Å². The van der Waals surface area contributed by atoms with E-state index in [-0.39, 0.29) is 12.6 Å². The average Bonchev–Trinajstić information content (AvgIpc) is 2.13. The number of methoxy groups -OCH3 is 1. The molecule has 0 aromatic rings. The Morgan fingerprint density at radius 3 is 2.92 bits per heavy atom. The molecule has 0 fully saturated rings. The molecule has 13 heavy (non-hydrogen) atoms. The highest BCUT2D eigenvalue weighted by Crippen LogP contribution is 1.93. The number of hydrogen-bond donors (Lipinski definition) is 2. The van der Waals surface area contributed by atoms with E-state index in [0.29, 0.717) is 19.4 Å². The van der Waals surface area contributed by atoms with E-state index in [9.17, 15) is 0 Å². The molecule has 0 aliphatic rings. The second-order valence-corrected chi connectivity index (χ2v) is 2.88. The van der Waals surface area contributed by atoms with Crippen LogP contribution in [0.5, 0.6) is 0 Å². The van der Waals surface area contributed by atoms with Crippen LogP contribution in [0.25, 0.3) is 0 Å². The first-order valence-electron chi connectivity index (χ1n) is 4.55. The van der Waals surface area contributed by atoms with Crippen LogP contribution < -0.4 is 5.32 Å². The molecule has 4 nitrogen and oxygen atoms in total. The zero-order chi connectivity index (χ0) is 9.94. The topological polar surface area (TPSA) is 65.3 Å². The van der Waals surface area contributed by atoms with Gasteiger partial charge in [0.1, 0.15) is 0 Å². The van der Waals surface area contributed by atoms with Gasteiger partial charge in [-0.3, -0.25) is 0 Å². The van der Waals surface area contributed by atoms with Gasteiger partial charge in [0, 0.05) is 26.2 Å². The van der Waals surface area contributed by atoms with Crippen LogP contribution in [0.15, 0.2) is 0 Å². The Morgan fingerprint density at radius 1 is 1.62 bits per heavy atom. The van der Waals surface area contributed by atoms with Crippen molar-refractivity contribution < 1.29 is 9.84 Å². The van der Waals surface area contributed by atoms with Gasteiger partial charge >= 0.3 is 0 Å². The van der Waals surface area contributed by atoms with E-state index in [0.717, 1.165) is 13.0 Å². The minimum absolute atomic E-state index is 0.166. The Balaban J connectivity index is 3.39. The van der Waals surface area contributed by atoms with Crippen LogP contribution in [0.4, 0.5) is 0 Å². The quantitative estimate of drug-likeness (QED) is 0.534. The van der Waals surface area contributed by atoms with Crippen LogP contribution in [0.1, 0.15) is 19.3 Å². The molecule has 0 rings (SSSR count). The van der Waals surface area contributed by atoms with Crippen molar-refractivity contribution in [1.29, 1.82) is 5.26 Å². The third-order valence-corrected chi connectivity index (χ3v) is 1.74. The second kappa shape index (κ2) is 9.46. The van der Waals surface area contributed by atoms with Crippen molar-refractivity contribution in [3.8, 4) is 6.07 Å². The predicted molar refractivity (Wildman–Crippen MR) is 50.2 cm³/mol. The van der Waals surface area contributed by atoms with Gasteiger partial charge in [-0.1, -0.05) is 0 Å². The number of unbranched alkanes of at least 4 members (excludes halogenated alkanes) is 1. The summed E-state index contributed by atoms with van der Waals surface area (Å²) in [5.74, 6) is 0. The fourth-order valence-electron chi connectivity index (χ4n) is 1.07. The van der Waals surface area contributed by atoms with E-state index in [4.69, 9.17) is 15.1 Å². The first-order valence-corrected chi connectivity index (χ1v) is 4.55. The number of nitriles is 1. The molecule has 0 aromatic heterocycles. The van der Waals surface area contributed by atoms with Crippen LogP contribution in [-0.2, 0) is 4.74 Å². The molecule has 76 valence electrons. The van der Waals surface area contributed by atoms with E-state index < -0.39 is 0 Å². The molecule has 0 aliphatic heterocycles. The Morgan fingerprint density at radius 2 is 2.38 bits per heavy atom. The van der Waals surface area contributed by atoms with E-state index in [1.165, 1.54) is 0 Å². The minimum Gasteiger partial charge on any atom is -0.396 e. The number of nitrogens with zero attached hydrogens (tertiary/aromatic N) is 1. The van der Waals surface area contributed by atoms with Gasteiger partial charge in [-0.15, -0.1) is 0 Å². The molecule has 0 bridgehead atoms. The van der Waals surface area contributed by atoms with Gasteiger partial charge < -0.3 is 15.2 Å². The number of nitrogens with one attached hydrogen (secondary N) is 1. The molecule has 4 heteroatoms. The number of ether oxygens (including phenoxy) is 1. The van der Waals surface area contributed by atoms with Crippen molar-refractivity contribution in [2.24, 2.45) is 0 Å². The van der Waals surface area contributed by atoms with Crippen LogP contribution in [0.2, 0.25) is 0 Å². The van der Waals surface area contributed by atoms with Gasteiger partial charge in [0.15, 0.2) is 0 Å². The highest BCUT2D eigenvalue weighted by molar-refractivity contribution is 4.71. The summed E-state index contributed by atoms with van der Waals surface area (Å²) in [6, 6.07) is 2.29. The summed E-state index contributed by atoms with van der Waals surface area (Å²) >= 11 is 0. The summed E-state index contributed by atoms with van der Waals surface area (Å²) in [5.41, 5.74) is 0. The third-order valence-electron chi connectivity index (χ3n) is 1.74. The summed E-state index contributed by atoms with van der Waals surface area (Å²) < 4.78 is 4.97. The predicted octanol–water partition coefficient (Wildman–Crippen LogP) is 0.277. The summed E-state index contributed by atoms with van der Waals surface area (Å²) in [4.78, 5) is 0. The summed E-state index contributed by atoms with van der Waals surface area (Å²) in [6.45, 7) is 1.58. The van der Waals surface area contributed by atoms with E-state index >= 15 is 0 Å². The maximum absolute atomic E-state index is 8.72. The van der Waals surface area contributed by atoms with Crippen molar-refractivity contribution in [2.45, 2.75) is 25.3 Å². The lowest BCUT2D eigenvalue weighted by Gasteiger charge is -2.15. The maximum atomic E-state index is 8.72. The van der Waals surface area contributed by atoms with Crippen molar-refractivity contribution in [3.63, 3.8) is 0 Å². The van der Waals surface area contributed by atoms with Gasteiger partial charge in [0.05, 0.1) is 12.7 Å². The molecule has 1 atom stereocenters. The van der Waals surface area contributed by atoms with Crippen molar-refractivity contribution in [3.05, 3.63) is 0 Å². The SMILES string of the molecule is COCC(CCO)NCCCC#N. The number of aliphatic hydroxyl groups is 1. The Hall–Kier alpha value is -0.630. The molecule has 0 aliphatic carbocycles. The molecular formula is C9H18N2O2. The summed E-state index contributed by atoms with van der Waals surface area (Å²) in [7, 11) is 1.64. The van der Waals surface area contributed by atoms with Crippen LogP contribution >= 0.6 is 0 Å². The molecule has 0 aromatic carbocycles. The van der Waals surface area contributed by atoms with Crippen LogP contribution in [-0.4, -0.2) is 38.0 Å². The molecule has 0 saturated heterocycles. The maximum Gasteiger partial charge on any atom is 0.0622 e. The Bertz CT molecular complexity index is 139. The fraction of sp³-hybridized carbons (Fsp3) is 0.889. The number of hydrogen-bond acceptors (Lipinski definition) is 4. The molecule has 0 spiro atoms. The second-order valence-electron chi connectivity index (χ2n) is 2.88. The molecule has 0 radical (unpaired) electrons. The molecule has 2 N–H and O–H groups in total. The molecule has 1 unspecified atom stereocenters. The van der Waals surface area contributed by atoms with E-state index in [1.54, 1.807) is 7.11 Å². The highest BCUT2D eigenvalue weighted by Gasteiger charge is 2.05. The molecule has 0 amide bonds. The summed E-state index contributed by atoms with van der Waals surface area (Å²) in [5, 5.41) is 20.2. The van der Waals surface area contributed by atoms with Crippen molar-refractivity contribution in [1.82, 2.24) is 5.32 Å². The fourth-order valence-corrected chi connectivity index (χ4v) is 1.07. The average molecular weight is 186 g/mol. The van der Waals surface area contributed by atoms with Gasteiger partial charge in [0.25, 0.3) is 0 Å². The first-order chi connectivity index (χ1) is 6.35. The smallest absolute Gasteiger partial charge is 0.0622 e. The lowest BCUT2D eigenvalue weighted by atomic mass is 10.2. The Labute approximate surface area is 79.5 Å². The number of aliphatic hydroxyl groups excluding tert-OH is 1. The number of rotatable bonds is 8. The van der Waals surface area contributed by atoms with Gasteiger partial charge in [-0.25, -0.2) is 0 Å². The van der Waals surface area contributed by atoms with Gasteiger partial charge in [-0.2, -0.15) is 5.26 Å². The third kappa shape index (κ3) is 7.72. The monoisotopic (exact) mass is 186 g/mol. The summed E-state index contributed by atoms with van der Waals surface area (Å²) in [6.07, 6.45) is 2.12. The van der Waals surface area contributed by atoms with Gasteiger partial charge in [-0.05, 0) is 19.4 Å². The largest absolute Gasteiger partial charge is 0.396 e. The molecule has 0 saturated carbocycles. The van der Waals surface area contributed by atoms with E-state index in [1.807, 2.05) is 0 Å².